The Morgan fingerprint density at radius 1 is 1.00 bits per heavy atom. The molecule has 0 fully saturated rings. The van der Waals surface area contributed by atoms with Crippen molar-refractivity contribution in [2.45, 2.75) is 12.3 Å². The molecule has 0 spiro atoms. The quantitative estimate of drug-likeness (QED) is 0.624. The minimum Gasteiger partial charge on any atom is -0.302 e. The number of nitrogens with one attached hydrogen (secondary N) is 1. The lowest BCUT2D eigenvalue weighted by Gasteiger charge is -2.04. The molecule has 0 saturated carbocycles. The molecule has 2 aromatic rings. The molecule has 1 heterocycles. The van der Waals surface area contributed by atoms with Gasteiger partial charge in [-0.05, 0) is 17.7 Å². The van der Waals surface area contributed by atoms with Crippen LogP contribution in [0.25, 0.3) is 0 Å². The summed E-state index contributed by atoms with van der Waals surface area (Å²) >= 11 is 1.89. The minimum absolute atomic E-state index is 0.836. The van der Waals surface area contributed by atoms with Gasteiger partial charge in [0, 0.05) is 24.4 Å². The number of hydrogen-bond acceptors (Lipinski definition) is 3. The van der Waals surface area contributed by atoms with Gasteiger partial charge in [0.1, 0.15) is 0 Å². The van der Waals surface area contributed by atoms with E-state index in [1.807, 2.05) is 42.2 Å². The molecule has 0 amide bonds. The van der Waals surface area contributed by atoms with Crippen LogP contribution < -0.4 is 5.32 Å². The average Bonchev–Trinajstić information content (AvgIpc) is 2.41. The highest BCUT2D eigenvalue weighted by Gasteiger charge is 1.94. The summed E-state index contributed by atoms with van der Waals surface area (Å²) in [5.74, 6) is 2.00. The van der Waals surface area contributed by atoms with Crippen molar-refractivity contribution in [2.24, 2.45) is 0 Å². The zero-order valence-electron chi connectivity index (χ0n) is 9.67. The van der Waals surface area contributed by atoms with Crippen LogP contribution in [-0.2, 0) is 12.3 Å². The predicted octanol–water partition coefficient (Wildman–Crippen LogP) is 3.06. The van der Waals surface area contributed by atoms with Crippen LogP contribution in [0, 0.1) is 0 Å². The van der Waals surface area contributed by atoms with Crippen LogP contribution >= 0.6 is 11.8 Å². The second-order valence-corrected chi connectivity index (χ2v) is 4.71. The highest BCUT2D eigenvalue weighted by Crippen LogP contribution is 2.10. The van der Waals surface area contributed by atoms with Crippen molar-refractivity contribution in [1.82, 2.24) is 10.3 Å². The van der Waals surface area contributed by atoms with E-state index in [4.69, 9.17) is 0 Å². The summed E-state index contributed by atoms with van der Waals surface area (Å²) in [5, 5.41) is 3.37. The van der Waals surface area contributed by atoms with Crippen LogP contribution in [0.15, 0.2) is 54.7 Å². The van der Waals surface area contributed by atoms with E-state index >= 15 is 0 Å². The first-order valence-electron chi connectivity index (χ1n) is 5.67. The van der Waals surface area contributed by atoms with E-state index in [1.165, 1.54) is 5.56 Å². The van der Waals surface area contributed by atoms with Crippen molar-refractivity contribution in [3.8, 4) is 0 Å². The summed E-state index contributed by atoms with van der Waals surface area (Å²) in [6, 6.07) is 16.5. The van der Waals surface area contributed by atoms with Gasteiger partial charge in [0.25, 0.3) is 0 Å². The molecule has 0 aliphatic rings. The van der Waals surface area contributed by atoms with Gasteiger partial charge < -0.3 is 5.32 Å². The van der Waals surface area contributed by atoms with E-state index in [1.54, 1.807) is 0 Å². The van der Waals surface area contributed by atoms with Gasteiger partial charge in [0.15, 0.2) is 0 Å². The van der Waals surface area contributed by atoms with Gasteiger partial charge in [-0.1, -0.05) is 36.4 Å². The van der Waals surface area contributed by atoms with Gasteiger partial charge in [-0.3, -0.25) is 4.98 Å². The zero-order chi connectivity index (χ0) is 11.8. The normalized spacial score (nSPS) is 10.4. The molecule has 0 bridgehead atoms. The zero-order valence-corrected chi connectivity index (χ0v) is 10.5. The molecular weight excluding hydrogens is 228 g/mol. The molecule has 0 aliphatic heterocycles. The predicted molar refractivity (Wildman–Crippen MR) is 73.7 cm³/mol. The molecule has 1 N–H and O–H groups in total. The van der Waals surface area contributed by atoms with Crippen molar-refractivity contribution in [3.63, 3.8) is 0 Å². The standard InChI is InChI=1S/C14H16N2S/c1-2-6-13(7-3-1)11-17-12-15-10-14-8-4-5-9-16-14/h1-9,15H,10-12H2. The Balaban J connectivity index is 1.61. The molecule has 0 unspecified atom stereocenters. The third-order valence-corrected chi connectivity index (χ3v) is 3.29. The summed E-state index contributed by atoms with van der Waals surface area (Å²) in [6.45, 7) is 0.836. The number of nitrogens with zero attached hydrogens (tertiary/aromatic N) is 1. The van der Waals surface area contributed by atoms with Crippen molar-refractivity contribution < 1.29 is 0 Å². The molecule has 0 atom stereocenters. The maximum absolute atomic E-state index is 4.26. The first kappa shape index (κ1) is 12.1. The van der Waals surface area contributed by atoms with E-state index in [0.29, 0.717) is 0 Å². The van der Waals surface area contributed by atoms with Crippen molar-refractivity contribution in [3.05, 3.63) is 66.0 Å². The van der Waals surface area contributed by atoms with Crippen LogP contribution in [-0.4, -0.2) is 10.9 Å². The summed E-state index contributed by atoms with van der Waals surface area (Å²) < 4.78 is 0. The fraction of sp³-hybridized carbons (Fsp3) is 0.214. The number of thioether (sulfide) groups is 1. The van der Waals surface area contributed by atoms with Crippen LogP contribution in [0.3, 0.4) is 0 Å². The Bertz CT molecular complexity index is 375. The van der Waals surface area contributed by atoms with E-state index in [0.717, 1.165) is 23.9 Å². The van der Waals surface area contributed by atoms with Crippen molar-refractivity contribution in [1.29, 1.82) is 0 Å². The lowest BCUT2D eigenvalue weighted by molar-refractivity contribution is 0.772. The summed E-state index contributed by atoms with van der Waals surface area (Å²) in [6.07, 6.45) is 1.83. The number of benzene rings is 1. The molecule has 0 saturated heterocycles. The molecule has 3 heteroatoms. The number of hydrogen-bond donors (Lipinski definition) is 1. The Labute approximate surface area is 106 Å². The van der Waals surface area contributed by atoms with E-state index < -0.39 is 0 Å². The Morgan fingerprint density at radius 2 is 1.82 bits per heavy atom. The van der Waals surface area contributed by atoms with Gasteiger partial charge in [-0.25, -0.2) is 0 Å². The van der Waals surface area contributed by atoms with Gasteiger partial charge in [0.2, 0.25) is 0 Å². The lowest BCUT2D eigenvalue weighted by Crippen LogP contribution is -2.13. The van der Waals surface area contributed by atoms with E-state index in [2.05, 4.69) is 34.6 Å². The van der Waals surface area contributed by atoms with Crippen LogP contribution in [0.5, 0.6) is 0 Å². The fourth-order valence-electron chi connectivity index (χ4n) is 1.50. The number of pyridine rings is 1. The van der Waals surface area contributed by atoms with Crippen LogP contribution in [0.4, 0.5) is 0 Å². The highest BCUT2D eigenvalue weighted by atomic mass is 32.2. The Hall–Kier alpha value is -1.32. The molecule has 2 nitrogen and oxygen atoms in total. The second-order valence-electron chi connectivity index (χ2n) is 3.73. The minimum atomic E-state index is 0.836. The van der Waals surface area contributed by atoms with E-state index in [-0.39, 0.29) is 0 Å². The first-order valence-corrected chi connectivity index (χ1v) is 6.83. The molecule has 1 aromatic carbocycles. The fourth-order valence-corrected chi connectivity index (χ4v) is 2.27. The molecule has 1 aromatic heterocycles. The number of rotatable bonds is 6. The Morgan fingerprint density at radius 3 is 2.59 bits per heavy atom. The molecular formula is C14H16N2S. The summed E-state index contributed by atoms with van der Waals surface area (Å²) in [5.41, 5.74) is 2.46. The molecule has 2 rings (SSSR count). The summed E-state index contributed by atoms with van der Waals surface area (Å²) in [7, 11) is 0. The molecule has 0 radical (unpaired) electrons. The highest BCUT2D eigenvalue weighted by molar-refractivity contribution is 7.98. The van der Waals surface area contributed by atoms with Crippen LogP contribution in [0.1, 0.15) is 11.3 Å². The van der Waals surface area contributed by atoms with Crippen molar-refractivity contribution >= 4 is 11.8 Å². The monoisotopic (exact) mass is 244 g/mol. The summed E-state index contributed by atoms with van der Waals surface area (Å²) in [4.78, 5) is 4.26. The maximum atomic E-state index is 4.26. The Kier molecular flexibility index (Phi) is 5.07. The molecule has 88 valence electrons. The van der Waals surface area contributed by atoms with Crippen LogP contribution in [0.2, 0.25) is 0 Å². The number of aromatic nitrogens is 1. The van der Waals surface area contributed by atoms with Crippen molar-refractivity contribution in [2.75, 3.05) is 5.88 Å². The second kappa shape index (κ2) is 7.09. The van der Waals surface area contributed by atoms with Gasteiger partial charge in [-0.2, -0.15) is 0 Å². The van der Waals surface area contributed by atoms with Gasteiger partial charge in [0.05, 0.1) is 5.69 Å². The van der Waals surface area contributed by atoms with Gasteiger partial charge in [-0.15, -0.1) is 11.8 Å². The third kappa shape index (κ3) is 4.59. The molecule has 17 heavy (non-hydrogen) atoms. The third-order valence-electron chi connectivity index (χ3n) is 2.35. The molecule has 0 aliphatic carbocycles. The van der Waals surface area contributed by atoms with E-state index in [9.17, 15) is 0 Å². The van der Waals surface area contributed by atoms with Gasteiger partial charge >= 0.3 is 0 Å². The first-order chi connectivity index (χ1) is 8.45. The average molecular weight is 244 g/mol. The topological polar surface area (TPSA) is 24.9 Å². The maximum Gasteiger partial charge on any atom is 0.0541 e. The lowest BCUT2D eigenvalue weighted by atomic mass is 10.2. The SMILES string of the molecule is c1ccc(CSCNCc2ccccn2)cc1. The largest absolute Gasteiger partial charge is 0.302 e. The smallest absolute Gasteiger partial charge is 0.0541 e.